The van der Waals surface area contributed by atoms with E-state index in [9.17, 15) is 14.0 Å². The van der Waals surface area contributed by atoms with Crippen LogP contribution in [0, 0.1) is 5.82 Å². The third-order valence-corrected chi connectivity index (χ3v) is 5.42. The van der Waals surface area contributed by atoms with Crippen molar-refractivity contribution in [1.29, 1.82) is 0 Å². The summed E-state index contributed by atoms with van der Waals surface area (Å²) < 4.78 is 25.0. The molecule has 33 heavy (non-hydrogen) atoms. The minimum atomic E-state index is -0.282. The molecular formula is C26H25FN2O4. The van der Waals surface area contributed by atoms with E-state index in [2.05, 4.69) is 5.32 Å². The number of carbonyl (C=O) groups is 2. The van der Waals surface area contributed by atoms with E-state index in [1.54, 1.807) is 35.2 Å². The van der Waals surface area contributed by atoms with Crippen molar-refractivity contribution in [2.45, 2.75) is 25.6 Å². The minimum Gasteiger partial charge on any atom is -0.490 e. The average Bonchev–Trinajstić information content (AvgIpc) is 2.84. The summed E-state index contributed by atoms with van der Waals surface area (Å²) in [6.45, 7) is 1.45. The number of hydrogen-bond donors (Lipinski definition) is 1. The summed E-state index contributed by atoms with van der Waals surface area (Å²) in [5.74, 6) is 1.13. The van der Waals surface area contributed by atoms with E-state index in [4.69, 9.17) is 9.47 Å². The molecule has 0 saturated carbocycles. The molecule has 1 N–H and O–H groups in total. The minimum absolute atomic E-state index is 0.0199. The van der Waals surface area contributed by atoms with Crippen LogP contribution in [0.2, 0.25) is 0 Å². The summed E-state index contributed by atoms with van der Waals surface area (Å²) in [6, 6.07) is 20.3. The number of nitrogens with zero attached hydrogens (tertiary/aromatic N) is 1. The van der Waals surface area contributed by atoms with E-state index in [1.807, 2.05) is 30.3 Å². The average molecular weight is 448 g/mol. The monoisotopic (exact) mass is 448 g/mol. The van der Waals surface area contributed by atoms with Crippen molar-refractivity contribution in [1.82, 2.24) is 4.90 Å². The van der Waals surface area contributed by atoms with E-state index >= 15 is 0 Å². The number of ether oxygens (including phenoxy) is 2. The highest BCUT2D eigenvalue weighted by Crippen LogP contribution is 2.23. The summed E-state index contributed by atoms with van der Waals surface area (Å²) in [5, 5.41) is 2.84. The first-order valence-corrected chi connectivity index (χ1v) is 10.8. The predicted octanol–water partition coefficient (Wildman–Crippen LogP) is 5.29. The van der Waals surface area contributed by atoms with E-state index < -0.39 is 0 Å². The Bertz CT molecular complexity index is 1100. The molecule has 6 nitrogen and oxygen atoms in total. The molecule has 2 amide bonds. The van der Waals surface area contributed by atoms with Crippen LogP contribution in [-0.2, 0) is 6.61 Å². The Hall–Kier alpha value is -3.87. The number of benzene rings is 3. The second-order valence-electron chi connectivity index (χ2n) is 7.87. The maximum absolute atomic E-state index is 13.3. The van der Waals surface area contributed by atoms with Crippen molar-refractivity contribution in [2.24, 2.45) is 0 Å². The molecule has 0 radical (unpaired) electrons. The van der Waals surface area contributed by atoms with Crippen LogP contribution in [0.3, 0.4) is 0 Å². The van der Waals surface area contributed by atoms with Gasteiger partial charge in [-0.15, -0.1) is 0 Å². The van der Waals surface area contributed by atoms with Crippen molar-refractivity contribution < 1.29 is 23.5 Å². The van der Waals surface area contributed by atoms with Crippen molar-refractivity contribution in [3.05, 3.63) is 89.7 Å². The molecule has 1 saturated heterocycles. The first kappa shape index (κ1) is 22.3. The van der Waals surface area contributed by atoms with Gasteiger partial charge >= 0.3 is 6.03 Å². The molecule has 3 aromatic rings. The Morgan fingerprint density at radius 2 is 1.73 bits per heavy atom. The molecule has 1 heterocycles. The largest absolute Gasteiger partial charge is 0.490 e. The summed E-state index contributed by atoms with van der Waals surface area (Å²) in [7, 11) is 0. The molecule has 0 bridgehead atoms. The highest BCUT2D eigenvalue weighted by atomic mass is 19.1. The molecule has 1 fully saturated rings. The number of aldehydes is 1. The zero-order valence-electron chi connectivity index (χ0n) is 18.1. The molecule has 0 unspecified atom stereocenters. The number of urea groups is 1. The number of rotatable bonds is 7. The van der Waals surface area contributed by atoms with Gasteiger partial charge in [-0.3, -0.25) is 4.79 Å². The predicted molar refractivity (Wildman–Crippen MR) is 123 cm³/mol. The Labute approximate surface area is 191 Å². The summed E-state index contributed by atoms with van der Waals surface area (Å²) in [5.41, 5.74) is 1.88. The zero-order chi connectivity index (χ0) is 23.0. The van der Waals surface area contributed by atoms with Crippen LogP contribution >= 0.6 is 0 Å². The molecule has 0 aromatic heterocycles. The second-order valence-corrected chi connectivity index (χ2v) is 7.87. The zero-order valence-corrected chi connectivity index (χ0v) is 18.1. The van der Waals surface area contributed by atoms with Gasteiger partial charge in [-0.05, 0) is 54.1 Å². The van der Waals surface area contributed by atoms with Crippen LogP contribution in [0.15, 0.2) is 72.8 Å². The Morgan fingerprint density at radius 3 is 2.45 bits per heavy atom. The highest BCUT2D eigenvalue weighted by molar-refractivity contribution is 5.90. The van der Waals surface area contributed by atoms with Crippen LogP contribution in [0.1, 0.15) is 28.8 Å². The number of carbonyl (C=O) groups excluding carboxylic acids is 2. The van der Waals surface area contributed by atoms with E-state index in [0.29, 0.717) is 30.1 Å². The van der Waals surface area contributed by atoms with Crippen LogP contribution < -0.4 is 14.8 Å². The molecule has 1 aliphatic rings. The van der Waals surface area contributed by atoms with Gasteiger partial charge in [-0.1, -0.05) is 24.3 Å². The number of piperidine rings is 1. The third-order valence-electron chi connectivity index (χ3n) is 5.42. The van der Waals surface area contributed by atoms with Crippen LogP contribution in [0.4, 0.5) is 14.9 Å². The normalized spacial score (nSPS) is 13.9. The number of halogens is 1. The number of nitrogens with one attached hydrogen (secondary N) is 1. The Morgan fingerprint density at radius 1 is 1.00 bits per heavy atom. The lowest BCUT2D eigenvalue weighted by Crippen LogP contribution is -2.43. The van der Waals surface area contributed by atoms with Gasteiger partial charge in [0.15, 0.2) is 0 Å². The lowest BCUT2D eigenvalue weighted by molar-refractivity contribution is 0.112. The number of likely N-dealkylation sites (tertiary alicyclic amines) is 1. The van der Waals surface area contributed by atoms with E-state index in [0.717, 1.165) is 30.4 Å². The van der Waals surface area contributed by atoms with Gasteiger partial charge in [-0.25, -0.2) is 9.18 Å². The number of hydrogen-bond acceptors (Lipinski definition) is 4. The fourth-order valence-corrected chi connectivity index (χ4v) is 3.67. The van der Waals surface area contributed by atoms with Gasteiger partial charge in [0, 0.05) is 37.2 Å². The van der Waals surface area contributed by atoms with Crippen molar-refractivity contribution in [2.75, 3.05) is 18.4 Å². The van der Waals surface area contributed by atoms with Crippen LogP contribution in [0.5, 0.6) is 11.5 Å². The standard InChI is InChI=1S/C26H25FN2O4/c27-21-5-1-4-20(15-21)18-32-23-7-9-24(10-8-23)33-25-11-13-29(14-12-25)26(31)28-22-6-2-3-19(16-22)17-30/h1-10,15-17,25H,11-14,18H2,(H,28,31). The van der Waals surface area contributed by atoms with Crippen LogP contribution in [-0.4, -0.2) is 36.4 Å². The number of amides is 2. The fraction of sp³-hybridized carbons (Fsp3) is 0.231. The SMILES string of the molecule is O=Cc1cccc(NC(=O)N2CCC(Oc3ccc(OCc4cccc(F)c4)cc3)CC2)c1. The first-order chi connectivity index (χ1) is 16.1. The molecular weight excluding hydrogens is 423 g/mol. The third kappa shape index (κ3) is 6.32. The summed E-state index contributed by atoms with van der Waals surface area (Å²) >= 11 is 0. The topological polar surface area (TPSA) is 67.9 Å². The summed E-state index contributed by atoms with van der Waals surface area (Å²) in [6.07, 6.45) is 2.22. The van der Waals surface area contributed by atoms with Crippen molar-refractivity contribution >= 4 is 18.0 Å². The van der Waals surface area contributed by atoms with Crippen LogP contribution in [0.25, 0.3) is 0 Å². The molecule has 170 valence electrons. The first-order valence-electron chi connectivity index (χ1n) is 10.8. The second kappa shape index (κ2) is 10.6. The van der Waals surface area contributed by atoms with Crippen molar-refractivity contribution in [3.63, 3.8) is 0 Å². The maximum Gasteiger partial charge on any atom is 0.321 e. The molecule has 0 atom stereocenters. The van der Waals surface area contributed by atoms with Gasteiger partial charge in [0.2, 0.25) is 0 Å². The molecule has 1 aliphatic heterocycles. The van der Waals surface area contributed by atoms with E-state index in [1.165, 1.54) is 12.1 Å². The number of anilines is 1. The quantitative estimate of drug-likeness (QED) is 0.499. The Kier molecular flexibility index (Phi) is 7.19. The molecule has 7 heteroatoms. The fourth-order valence-electron chi connectivity index (χ4n) is 3.67. The molecule has 4 rings (SSSR count). The highest BCUT2D eigenvalue weighted by Gasteiger charge is 2.24. The van der Waals surface area contributed by atoms with Crippen molar-refractivity contribution in [3.8, 4) is 11.5 Å². The Balaban J connectivity index is 1.22. The van der Waals surface area contributed by atoms with Gasteiger partial charge in [0.1, 0.15) is 36.3 Å². The smallest absolute Gasteiger partial charge is 0.321 e. The summed E-state index contributed by atoms with van der Waals surface area (Å²) in [4.78, 5) is 25.1. The molecule has 0 spiro atoms. The lowest BCUT2D eigenvalue weighted by Gasteiger charge is -2.32. The molecule has 3 aromatic carbocycles. The van der Waals surface area contributed by atoms with Gasteiger partial charge in [-0.2, -0.15) is 0 Å². The van der Waals surface area contributed by atoms with E-state index in [-0.39, 0.29) is 24.6 Å². The van der Waals surface area contributed by atoms with Gasteiger partial charge < -0.3 is 19.7 Å². The molecule has 0 aliphatic carbocycles. The van der Waals surface area contributed by atoms with Gasteiger partial charge in [0.25, 0.3) is 0 Å². The lowest BCUT2D eigenvalue weighted by atomic mass is 10.1. The van der Waals surface area contributed by atoms with Gasteiger partial charge in [0.05, 0.1) is 0 Å². The maximum atomic E-state index is 13.3.